The minimum absolute atomic E-state index is 0.554. The SMILES string of the molecule is NC(CCN1CCN(CC2CC2)CC1)C(=O)O. The van der Waals surface area contributed by atoms with E-state index in [9.17, 15) is 4.79 Å². The molecule has 1 saturated heterocycles. The van der Waals surface area contributed by atoms with Gasteiger partial charge in [-0.3, -0.25) is 4.79 Å². The number of hydrogen-bond acceptors (Lipinski definition) is 4. The predicted octanol–water partition coefficient (Wildman–Crippen LogP) is -0.184. The number of carboxylic acids is 1. The summed E-state index contributed by atoms with van der Waals surface area (Å²) in [6.45, 7) is 6.43. The van der Waals surface area contributed by atoms with Gasteiger partial charge in [-0.25, -0.2) is 0 Å². The molecule has 0 spiro atoms. The normalized spacial score (nSPS) is 24.8. The molecule has 1 saturated carbocycles. The maximum atomic E-state index is 10.6. The number of nitrogens with zero attached hydrogens (tertiary/aromatic N) is 2. The van der Waals surface area contributed by atoms with Gasteiger partial charge in [0.15, 0.2) is 0 Å². The lowest BCUT2D eigenvalue weighted by molar-refractivity contribution is -0.138. The van der Waals surface area contributed by atoms with Crippen LogP contribution in [0.25, 0.3) is 0 Å². The van der Waals surface area contributed by atoms with Crippen LogP contribution in [0, 0.1) is 5.92 Å². The van der Waals surface area contributed by atoms with Gasteiger partial charge in [0.05, 0.1) is 0 Å². The zero-order valence-corrected chi connectivity index (χ0v) is 10.3. The van der Waals surface area contributed by atoms with E-state index in [1.165, 1.54) is 19.4 Å². The molecule has 5 heteroatoms. The van der Waals surface area contributed by atoms with E-state index in [1.807, 2.05) is 0 Å². The molecule has 0 aromatic heterocycles. The zero-order valence-electron chi connectivity index (χ0n) is 10.3. The third kappa shape index (κ3) is 4.26. The van der Waals surface area contributed by atoms with E-state index in [4.69, 9.17) is 10.8 Å². The van der Waals surface area contributed by atoms with Crippen molar-refractivity contribution in [1.82, 2.24) is 9.80 Å². The van der Waals surface area contributed by atoms with Crippen molar-refractivity contribution in [2.45, 2.75) is 25.3 Å². The van der Waals surface area contributed by atoms with E-state index < -0.39 is 12.0 Å². The fraction of sp³-hybridized carbons (Fsp3) is 0.917. The van der Waals surface area contributed by atoms with Gasteiger partial charge in [0.1, 0.15) is 6.04 Å². The van der Waals surface area contributed by atoms with Gasteiger partial charge >= 0.3 is 5.97 Å². The Labute approximate surface area is 103 Å². The maximum Gasteiger partial charge on any atom is 0.320 e. The molecule has 98 valence electrons. The summed E-state index contributed by atoms with van der Waals surface area (Å²) in [5, 5.41) is 8.71. The van der Waals surface area contributed by atoms with Crippen LogP contribution in [0.15, 0.2) is 0 Å². The Bertz CT molecular complexity index is 260. The van der Waals surface area contributed by atoms with E-state index in [0.717, 1.165) is 38.6 Å². The number of hydrogen-bond donors (Lipinski definition) is 2. The third-order valence-corrected chi connectivity index (χ3v) is 3.75. The molecule has 0 aromatic carbocycles. The first-order valence-electron chi connectivity index (χ1n) is 6.58. The largest absolute Gasteiger partial charge is 0.480 e. The second-order valence-electron chi connectivity index (χ2n) is 5.32. The lowest BCUT2D eigenvalue weighted by Crippen LogP contribution is -2.48. The molecule has 2 rings (SSSR count). The molecular formula is C12H23N3O2. The maximum absolute atomic E-state index is 10.6. The van der Waals surface area contributed by atoms with Crippen LogP contribution < -0.4 is 5.73 Å². The average Bonchev–Trinajstić information content (AvgIpc) is 3.11. The van der Waals surface area contributed by atoms with Gasteiger partial charge in [-0.1, -0.05) is 0 Å². The lowest BCUT2D eigenvalue weighted by Gasteiger charge is -2.34. The van der Waals surface area contributed by atoms with Crippen molar-refractivity contribution < 1.29 is 9.90 Å². The van der Waals surface area contributed by atoms with E-state index in [1.54, 1.807) is 0 Å². The standard InChI is InChI=1S/C12H23N3O2/c13-11(12(16)17)3-4-14-5-7-15(8-6-14)9-10-1-2-10/h10-11H,1-9,13H2,(H,16,17). The molecule has 0 radical (unpaired) electrons. The van der Waals surface area contributed by atoms with Gasteiger partial charge in [-0.15, -0.1) is 0 Å². The highest BCUT2D eigenvalue weighted by Gasteiger charge is 2.26. The van der Waals surface area contributed by atoms with Crippen LogP contribution in [0.1, 0.15) is 19.3 Å². The summed E-state index contributed by atoms with van der Waals surface area (Å²) in [4.78, 5) is 15.5. The minimum atomic E-state index is -0.891. The predicted molar refractivity (Wildman–Crippen MR) is 65.8 cm³/mol. The molecule has 1 heterocycles. The lowest BCUT2D eigenvalue weighted by atomic mass is 10.2. The minimum Gasteiger partial charge on any atom is -0.480 e. The fourth-order valence-electron chi connectivity index (χ4n) is 2.31. The van der Waals surface area contributed by atoms with Crippen LogP contribution >= 0.6 is 0 Å². The summed E-state index contributed by atoms with van der Waals surface area (Å²) in [6.07, 6.45) is 3.37. The monoisotopic (exact) mass is 241 g/mol. The van der Waals surface area contributed by atoms with Crippen LogP contribution in [-0.4, -0.2) is 66.2 Å². The molecule has 17 heavy (non-hydrogen) atoms. The Kier molecular flexibility index (Phi) is 4.36. The van der Waals surface area contributed by atoms with Crippen molar-refractivity contribution >= 4 is 5.97 Å². The van der Waals surface area contributed by atoms with Crippen molar-refractivity contribution in [3.63, 3.8) is 0 Å². The fourth-order valence-corrected chi connectivity index (χ4v) is 2.31. The molecular weight excluding hydrogens is 218 g/mol. The van der Waals surface area contributed by atoms with E-state index >= 15 is 0 Å². The first-order valence-corrected chi connectivity index (χ1v) is 6.58. The summed E-state index contributed by atoms with van der Waals surface area (Å²) in [6, 6.07) is -0.709. The van der Waals surface area contributed by atoms with Gasteiger partial charge in [0.25, 0.3) is 0 Å². The molecule has 2 fully saturated rings. The molecule has 0 amide bonds. The molecule has 0 bridgehead atoms. The van der Waals surface area contributed by atoms with E-state index in [-0.39, 0.29) is 0 Å². The number of rotatable bonds is 6. The molecule has 5 nitrogen and oxygen atoms in total. The topological polar surface area (TPSA) is 69.8 Å². The van der Waals surface area contributed by atoms with Crippen LogP contribution in [0.5, 0.6) is 0 Å². The number of nitrogens with two attached hydrogens (primary N) is 1. The third-order valence-electron chi connectivity index (χ3n) is 3.75. The Morgan fingerprint density at radius 2 is 1.82 bits per heavy atom. The Hall–Kier alpha value is -0.650. The van der Waals surface area contributed by atoms with Crippen molar-refractivity contribution in [3.05, 3.63) is 0 Å². The highest BCUT2D eigenvalue weighted by Crippen LogP contribution is 2.29. The number of piperazine rings is 1. The summed E-state index contributed by atoms with van der Waals surface area (Å²) < 4.78 is 0. The quantitative estimate of drug-likeness (QED) is 0.675. The molecule has 1 aliphatic carbocycles. The Balaban J connectivity index is 1.59. The van der Waals surface area contributed by atoms with E-state index in [0.29, 0.717) is 6.42 Å². The summed E-state index contributed by atoms with van der Waals surface area (Å²) >= 11 is 0. The molecule has 1 unspecified atom stereocenters. The van der Waals surface area contributed by atoms with Crippen molar-refractivity contribution in [2.24, 2.45) is 11.7 Å². The highest BCUT2D eigenvalue weighted by atomic mass is 16.4. The van der Waals surface area contributed by atoms with Crippen LogP contribution in [0.4, 0.5) is 0 Å². The summed E-state index contributed by atoms with van der Waals surface area (Å²) in [7, 11) is 0. The average molecular weight is 241 g/mol. The number of carbonyl (C=O) groups is 1. The van der Waals surface area contributed by atoms with Crippen molar-refractivity contribution in [1.29, 1.82) is 0 Å². The highest BCUT2D eigenvalue weighted by molar-refractivity contribution is 5.72. The Morgan fingerprint density at radius 3 is 2.35 bits per heavy atom. The first-order chi connectivity index (χ1) is 8.15. The summed E-state index contributed by atoms with van der Waals surface area (Å²) in [5.41, 5.74) is 5.50. The number of aliphatic carboxylic acids is 1. The molecule has 1 atom stereocenters. The van der Waals surface area contributed by atoms with Gasteiger partial charge in [0, 0.05) is 39.3 Å². The molecule has 2 aliphatic rings. The number of carboxylic acid groups (broad SMARTS) is 1. The van der Waals surface area contributed by atoms with Crippen LogP contribution in [0.3, 0.4) is 0 Å². The molecule has 1 aliphatic heterocycles. The Morgan fingerprint density at radius 1 is 1.24 bits per heavy atom. The second-order valence-corrected chi connectivity index (χ2v) is 5.32. The van der Waals surface area contributed by atoms with Crippen molar-refractivity contribution in [2.75, 3.05) is 39.3 Å². The van der Waals surface area contributed by atoms with Gasteiger partial charge in [-0.05, 0) is 25.2 Å². The molecule has 0 aromatic rings. The molecule has 3 N–H and O–H groups in total. The van der Waals surface area contributed by atoms with Crippen LogP contribution in [0.2, 0.25) is 0 Å². The first kappa shape index (κ1) is 12.8. The van der Waals surface area contributed by atoms with Gasteiger partial charge < -0.3 is 20.6 Å². The van der Waals surface area contributed by atoms with Crippen LogP contribution in [-0.2, 0) is 4.79 Å². The van der Waals surface area contributed by atoms with Gasteiger partial charge in [0.2, 0.25) is 0 Å². The smallest absolute Gasteiger partial charge is 0.320 e. The van der Waals surface area contributed by atoms with Gasteiger partial charge in [-0.2, -0.15) is 0 Å². The summed E-state index contributed by atoms with van der Waals surface area (Å²) in [5.74, 6) is 0.0688. The second kappa shape index (κ2) is 5.80. The van der Waals surface area contributed by atoms with Crippen molar-refractivity contribution in [3.8, 4) is 0 Å². The zero-order chi connectivity index (χ0) is 12.3. The van der Waals surface area contributed by atoms with E-state index in [2.05, 4.69) is 9.80 Å².